The van der Waals surface area contributed by atoms with E-state index in [1.807, 2.05) is 66.1 Å². The summed E-state index contributed by atoms with van der Waals surface area (Å²) in [5, 5.41) is 2.98. The number of anilines is 1. The van der Waals surface area contributed by atoms with Gasteiger partial charge in [0, 0.05) is 38.2 Å². The first-order valence-electron chi connectivity index (χ1n) is 11.1. The summed E-state index contributed by atoms with van der Waals surface area (Å²) < 4.78 is 13.3. The predicted molar refractivity (Wildman–Crippen MR) is 124 cm³/mol. The van der Waals surface area contributed by atoms with Crippen LogP contribution in [0.15, 0.2) is 65.2 Å². The summed E-state index contributed by atoms with van der Waals surface area (Å²) in [5.41, 5.74) is 2.87. The van der Waals surface area contributed by atoms with Crippen molar-refractivity contribution in [1.82, 2.24) is 14.5 Å². The topological polar surface area (TPSA) is 82.2 Å². The Morgan fingerprint density at radius 3 is 2.75 bits per heavy atom. The number of amides is 1. The van der Waals surface area contributed by atoms with E-state index in [2.05, 4.69) is 15.3 Å². The number of carbonyl (C=O) groups is 1. The van der Waals surface area contributed by atoms with Gasteiger partial charge in [-0.25, -0.2) is 9.97 Å². The van der Waals surface area contributed by atoms with Crippen LogP contribution in [0, 0.1) is 0 Å². The molecule has 2 aromatic carbocycles. The van der Waals surface area contributed by atoms with Gasteiger partial charge < -0.3 is 13.7 Å². The van der Waals surface area contributed by atoms with Crippen LogP contribution in [0.1, 0.15) is 32.1 Å². The molecule has 0 fully saturated rings. The van der Waals surface area contributed by atoms with Gasteiger partial charge in [-0.3, -0.25) is 10.1 Å². The molecule has 0 aliphatic rings. The average Bonchev–Trinajstić information content (AvgIpc) is 3.42. The third kappa shape index (κ3) is 5.42. The second kappa shape index (κ2) is 10.7. The highest BCUT2D eigenvalue weighted by molar-refractivity contribution is 5.91. The van der Waals surface area contributed by atoms with Gasteiger partial charge in [0.05, 0.1) is 17.2 Å². The van der Waals surface area contributed by atoms with E-state index in [1.54, 1.807) is 6.20 Å². The maximum absolute atomic E-state index is 12.6. The van der Waals surface area contributed by atoms with Crippen LogP contribution in [0.3, 0.4) is 0 Å². The molecule has 1 amide bonds. The Morgan fingerprint density at radius 2 is 1.91 bits per heavy atom. The SMILES string of the molecule is CCOCCCn1c(NC(=O)CCCc2ncc(-c3ccccc3)o2)nc2ccccc21. The Morgan fingerprint density at radius 1 is 1.09 bits per heavy atom. The normalized spacial score (nSPS) is 11.2. The number of nitrogens with zero attached hydrogens (tertiary/aromatic N) is 3. The van der Waals surface area contributed by atoms with E-state index in [0.29, 0.717) is 44.3 Å². The van der Waals surface area contributed by atoms with Crippen molar-refractivity contribution in [3.05, 3.63) is 66.7 Å². The highest BCUT2D eigenvalue weighted by Crippen LogP contribution is 2.22. The quantitative estimate of drug-likeness (QED) is 0.334. The zero-order valence-electron chi connectivity index (χ0n) is 18.3. The molecule has 0 aliphatic heterocycles. The number of hydrogen-bond donors (Lipinski definition) is 1. The number of aryl methyl sites for hydroxylation is 2. The lowest BCUT2D eigenvalue weighted by Crippen LogP contribution is -2.16. The molecule has 0 aliphatic carbocycles. The van der Waals surface area contributed by atoms with Crippen molar-refractivity contribution in [1.29, 1.82) is 0 Å². The number of ether oxygens (including phenoxy) is 1. The highest BCUT2D eigenvalue weighted by atomic mass is 16.5. The van der Waals surface area contributed by atoms with E-state index in [1.165, 1.54) is 0 Å². The van der Waals surface area contributed by atoms with Gasteiger partial charge in [0.15, 0.2) is 11.7 Å². The van der Waals surface area contributed by atoms with E-state index < -0.39 is 0 Å². The van der Waals surface area contributed by atoms with Crippen LogP contribution in [0.4, 0.5) is 5.95 Å². The van der Waals surface area contributed by atoms with Crippen LogP contribution in [0.2, 0.25) is 0 Å². The minimum Gasteiger partial charge on any atom is -0.441 e. The van der Waals surface area contributed by atoms with E-state index in [-0.39, 0.29) is 5.91 Å². The molecule has 4 rings (SSSR count). The van der Waals surface area contributed by atoms with Gasteiger partial charge in [-0.2, -0.15) is 0 Å². The minimum atomic E-state index is -0.0683. The Hall–Kier alpha value is -3.45. The zero-order chi connectivity index (χ0) is 22.2. The van der Waals surface area contributed by atoms with Crippen molar-refractivity contribution < 1.29 is 13.9 Å². The maximum Gasteiger partial charge on any atom is 0.226 e. The van der Waals surface area contributed by atoms with Gasteiger partial charge in [0.2, 0.25) is 11.9 Å². The fourth-order valence-corrected chi connectivity index (χ4v) is 3.62. The molecule has 1 N–H and O–H groups in total. The first-order chi connectivity index (χ1) is 15.7. The minimum absolute atomic E-state index is 0.0683. The Bertz CT molecular complexity index is 1150. The molecule has 166 valence electrons. The highest BCUT2D eigenvalue weighted by Gasteiger charge is 2.14. The van der Waals surface area contributed by atoms with Crippen LogP contribution in [-0.4, -0.2) is 33.7 Å². The molecular weight excluding hydrogens is 404 g/mol. The van der Waals surface area contributed by atoms with Gasteiger partial charge in [0.1, 0.15) is 0 Å². The standard InChI is InChI=1S/C25H28N4O3/c1-2-31-17-9-16-29-21-13-7-6-12-20(21)27-25(29)28-23(30)14-8-15-24-26-18-22(32-24)19-10-4-3-5-11-19/h3-7,10-13,18H,2,8-9,14-17H2,1H3,(H,27,28,30). The Labute approximate surface area is 187 Å². The Balaban J connectivity index is 1.33. The number of oxazole rings is 1. The number of rotatable bonds is 11. The lowest BCUT2D eigenvalue weighted by atomic mass is 10.2. The molecule has 4 aromatic rings. The van der Waals surface area contributed by atoms with Crippen molar-refractivity contribution in [3.63, 3.8) is 0 Å². The van der Waals surface area contributed by atoms with Gasteiger partial charge in [-0.05, 0) is 31.9 Å². The number of para-hydroxylation sites is 2. The lowest BCUT2D eigenvalue weighted by molar-refractivity contribution is -0.116. The molecule has 0 radical (unpaired) electrons. The first kappa shape index (κ1) is 21.8. The van der Waals surface area contributed by atoms with E-state index in [0.717, 1.165) is 35.3 Å². The fourth-order valence-electron chi connectivity index (χ4n) is 3.62. The summed E-state index contributed by atoms with van der Waals surface area (Å²) in [6.07, 6.45) is 4.20. The summed E-state index contributed by atoms with van der Waals surface area (Å²) in [6, 6.07) is 17.8. The fraction of sp³-hybridized carbons (Fsp3) is 0.320. The second-order valence-electron chi connectivity index (χ2n) is 7.51. The van der Waals surface area contributed by atoms with Crippen LogP contribution >= 0.6 is 0 Å². The van der Waals surface area contributed by atoms with Crippen LogP contribution in [-0.2, 0) is 22.5 Å². The predicted octanol–water partition coefficient (Wildman–Crippen LogP) is 5.08. The van der Waals surface area contributed by atoms with E-state index in [9.17, 15) is 4.79 Å². The van der Waals surface area contributed by atoms with Crippen molar-refractivity contribution in [3.8, 4) is 11.3 Å². The van der Waals surface area contributed by atoms with Gasteiger partial charge in [-0.1, -0.05) is 42.5 Å². The molecule has 0 saturated heterocycles. The number of carbonyl (C=O) groups excluding carboxylic acids is 1. The molecule has 0 unspecified atom stereocenters. The molecule has 0 atom stereocenters. The number of nitrogens with one attached hydrogen (secondary N) is 1. The lowest BCUT2D eigenvalue weighted by Gasteiger charge is -2.10. The van der Waals surface area contributed by atoms with Gasteiger partial charge >= 0.3 is 0 Å². The van der Waals surface area contributed by atoms with E-state index in [4.69, 9.17) is 9.15 Å². The monoisotopic (exact) mass is 432 g/mol. The smallest absolute Gasteiger partial charge is 0.226 e. The average molecular weight is 433 g/mol. The van der Waals surface area contributed by atoms with Crippen LogP contribution in [0.25, 0.3) is 22.4 Å². The van der Waals surface area contributed by atoms with E-state index >= 15 is 0 Å². The molecule has 7 heteroatoms. The molecule has 32 heavy (non-hydrogen) atoms. The van der Waals surface area contributed by atoms with Gasteiger partial charge in [-0.15, -0.1) is 0 Å². The third-order valence-corrected chi connectivity index (χ3v) is 5.19. The summed E-state index contributed by atoms with van der Waals surface area (Å²) in [4.78, 5) is 21.5. The molecule has 2 aromatic heterocycles. The largest absolute Gasteiger partial charge is 0.441 e. The molecule has 7 nitrogen and oxygen atoms in total. The van der Waals surface area contributed by atoms with Crippen LogP contribution < -0.4 is 5.32 Å². The number of hydrogen-bond acceptors (Lipinski definition) is 5. The van der Waals surface area contributed by atoms with Crippen molar-refractivity contribution in [2.45, 2.75) is 39.2 Å². The van der Waals surface area contributed by atoms with Crippen LogP contribution in [0.5, 0.6) is 0 Å². The first-order valence-corrected chi connectivity index (χ1v) is 11.1. The van der Waals surface area contributed by atoms with Crippen molar-refractivity contribution in [2.24, 2.45) is 0 Å². The second-order valence-corrected chi connectivity index (χ2v) is 7.51. The van der Waals surface area contributed by atoms with Gasteiger partial charge in [0.25, 0.3) is 0 Å². The van der Waals surface area contributed by atoms with Crippen molar-refractivity contribution in [2.75, 3.05) is 18.5 Å². The summed E-state index contributed by atoms with van der Waals surface area (Å²) in [7, 11) is 0. The summed E-state index contributed by atoms with van der Waals surface area (Å²) in [5.74, 6) is 1.89. The molecular formula is C25H28N4O3. The third-order valence-electron chi connectivity index (χ3n) is 5.19. The number of benzene rings is 2. The molecule has 0 spiro atoms. The summed E-state index contributed by atoms with van der Waals surface area (Å²) in [6.45, 7) is 4.09. The number of fused-ring (bicyclic) bond motifs is 1. The Kier molecular flexibility index (Phi) is 7.30. The summed E-state index contributed by atoms with van der Waals surface area (Å²) >= 11 is 0. The molecule has 2 heterocycles. The molecule has 0 saturated carbocycles. The zero-order valence-corrected chi connectivity index (χ0v) is 18.3. The number of imidazole rings is 1. The van der Waals surface area contributed by atoms with Crippen molar-refractivity contribution >= 4 is 22.9 Å². The number of aromatic nitrogens is 3. The maximum atomic E-state index is 12.6. The molecule has 0 bridgehead atoms.